The van der Waals surface area contributed by atoms with E-state index in [-0.39, 0.29) is 12.5 Å². The fourth-order valence-electron chi connectivity index (χ4n) is 1.41. The predicted octanol–water partition coefficient (Wildman–Crippen LogP) is 3.30. The van der Waals surface area contributed by atoms with Gasteiger partial charge in [-0.2, -0.15) is 0 Å². The Hall–Kier alpha value is -1.03. The Kier molecular flexibility index (Phi) is 5.93. The molecule has 5 heteroatoms. The second-order valence-corrected chi connectivity index (χ2v) is 4.54. The summed E-state index contributed by atoms with van der Waals surface area (Å²) in [5.74, 6) is 0.0551. The summed E-state index contributed by atoms with van der Waals surface area (Å²) in [7, 11) is 0. The molecule has 0 aliphatic heterocycles. The van der Waals surface area contributed by atoms with E-state index < -0.39 is 0 Å². The smallest absolute Gasteiger partial charge is 0.0460 e. The molecule has 0 fully saturated rings. The lowest BCUT2D eigenvalue weighted by Gasteiger charge is -2.10. The van der Waals surface area contributed by atoms with Crippen molar-refractivity contribution >= 4 is 15.9 Å². The second-order valence-electron chi connectivity index (χ2n) is 3.63. The first-order valence-corrected chi connectivity index (χ1v) is 5.91. The van der Waals surface area contributed by atoms with Crippen LogP contribution in [0.5, 0.6) is 0 Å². The zero-order valence-electron chi connectivity index (χ0n) is 8.88. The lowest BCUT2D eigenvalue weighted by molar-refractivity contribution is 0.223. The highest BCUT2D eigenvalue weighted by Crippen LogP contribution is 2.14. The molecule has 0 aromatic heterocycles. The quantitative estimate of drug-likeness (QED) is 0.486. The SMILES string of the molecule is [N-]=[N+]=NCC(CO)CCc1ccc(Br)cc1. The second kappa shape index (κ2) is 7.28. The van der Waals surface area contributed by atoms with Gasteiger partial charge in [0.25, 0.3) is 0 Å². The summed E-state index contributed by atoms with van der Waals surface area (Å²) in [5.41, 5.74) is 9.42. The lowest BCUT2D eigenvalue weighted by atomic mass is 10.0. The molecule has 0 spiro atoms. The first-order valence-electron chi connectivity index (χ1n) is 5.12. The van der Waals surface area contributed by atoms with Crippen molar-refractivity contribution in [1.82, 2.24) is 0 Å². The number of nitrogens with zero attached hydrogens (tertiary/aromatic N) is 3. The molecule has 0 aliphatic rings. The standard InChI is InChI=1S/C11H14BrN3O/c12-11-5-3-9(4-6-11)1-2-10(8-16)7-14-15-13/h3-6,10,16H,1-2,7-8H2. The van der Waals surface area contributed by atoms with Crippen molar-refractivity contribution in [1.29, 1.82) is 0 Å². The molecule has 0 heterocycles. The average Bonchev–Trinajstić information content (AvgIpc) is 2.32. The highest BCUT2D eigenvalue weighted by atomic mass is 79.9. The van der Waals surface area contributed by atoms with Crippen molar-refractivity contribution in [2.45, 2.75) is 12.8 Å². The fraction of sp³-hybridized carbons (Fsp3) is 0.455. The number of aliphatic hydroxyl groups excluding tert-OH is 1. The van der Waals surface area contributed by atoms with Gasteiger partial charge in [-0.3, -0.25) is 0 Å². The van der Waals surface area contributed by atoms with Gasteiger partial charge in [-0.15, -0.1) is 0 Å². The third kappa shape index (κ3) is 4.66. The van der Waals surface area contributed by atoms with Crippen molar-refractivity contribution in [2.24, 2.45) is 11.0 Å². The van der Waals surface area contributed by atoms with E-state index in [2.05, 4.69) is 26.0 Å². The number of aryl methyl sites for hydroxylation is 1. The number of hydrogen-bond acceptors (Lipinski definition) is 2. The van der Waals surface area contributed by atoms with Gasteiger partial charge in [-0.25, -0.2) is 0 Å². The normalized spacial score (nSPS) is 11.9. The van der Waals surface area contributed by atoms with Crippen molar-refractivity contribution in [3.63, 3.8) is 0 Å². The molecule has 0 aliphatic carbocycles. The highest BCUT2D eigenvalue weighted by molar-refractivity contribution is 9.10. The maximum Gasteiger partial charge on any atom is 0.0460 e. The van der Waals surface area contributed by atoms with Crippen molar-refractivity contribution < 1.29 is 5.11 Å². The van der Waals surface area contributed by atoms with E-state index in [1.165, 1.54) is 5.56 Å². The van der Waals surface area contributed by atoms with Gasteiger partial charge in [0.1, 0.15) is 0 Å². The molecule has 1 aromatic rings. The number of azide groups is 1. The van der Waals surface area contributed by atoms with Crippen LogP contribution in [-0.2, 0) is 6.42 Å². The average molecular weight is 284 g/mol. The predicted molar refractivity (Wildman–Crippen MR) is 67.1 cm³/mol. The minimum atomic E-state index is 0.0551. The molecule has 0 radical (unpaired) electrons. The van der Waals surface area contributed by atoms with Gasteiger partial charge in [0, 0.05) is 22.5 Å². The molecule has 0 bridgehead atoms. The first kappa shape index (κ1) is 13.0. The summed E-state index contributed by atoms with van der Waals surface area (Å²) in [6, 6.07) is 8.09. The van der Waals surface area contributed by atoms with Crippen LogP contribution in [0, 0.1) is 5.92 Å². The van der Waals surface area contributed by atoms with E-state index >= 15 is 0 Å². The Balaban J connectivity index is 2.42. The molecule has 0 saturated carbocycles. The molecule has 1 rings (SSSR count). The molecule has 1 N–H and O–H groups in total. The van der Waals surface area contributed by atoms with Gasteiger partial charge >= 0.3 is 0 Å². The number of benzene rings is 1. The van der Waals surface area contributed by atoms with Gasteiger partial charge in [0.15, 0.2) is 0 Å². The largest absolute Gasteiger partial charge is 0.396 e. The molecular formula is C11H14BrN3O. The zero-order chi connectivity index (χ0) is 11.8. The lowest BCUT2D eigenvalue weighted by Crippen LogP contribution is -2.10. The molecule has 1 unspecified atom stereocenters. The van der Waals surface area contributed by atoms with Gasteiger partial charge < -0.3 is 5.11 Å². The summed E-state index contributed by atoms with van der Waals surface area (Å²) in [6.07, 6.45) is 1.72. The summed E-state index contributed by atoms with van der Waals surface area (Å²) >= 11 is 3.38. The van der Waals surface area contributed by atoms with Crippen LogP contribution in [0.2, 0.25) is 0 Å². The third-order valence-corrected chi connectivity index (χ3v) is 2.94. The van der Waals surface area contributed by atoms with Gasteiger partial charge in [0.2, 0.25) is 0 Å². The number of aliphatic hydroxyl groups is 1. The van der Waals surface area contributed by atoms with Crippen LogP contribution in [0.3, 0.4) is 0 Å². The molecule has 4 nitrogen and oxygen atoms in total. The maximum absolute atomic E-state index is 9.08. The summed E-state index contributed by atoms with van der Waals surface area (Å²) < 4.78 is 1.06. The summed E-state index contributed by atoms with van der Waals surface area (Å²) in [5, 5.41) is 12.6. The monoisotopic (exact) mass is 283 g/mol. The zero-order valence-corrected chi connectivity index (χ0v) is 10.5. The van der Waals surface area contributed by atoms with Crippen LogP contribution in [0.25, 0.3) is 10.4 Å². The Labute approximate surface area is 103 Å². The van der Waals surface area contributed by atoms with E-state index in [4.69, 9.17) is 10.6 Å². The van der Waals surface area contributed by atoms with Crippen LogP contribution in [0.1, 0.15) is 12.0 Å². The van der Waals surface area contributed by atoms with E-state index in [1.807, 2.05) is 24.3 Å². The van der Waals surface area contributed by atoms with Crippen LogP contribution >= 0.6 is 15.9 Å². The highest BCUT2D eigenvalue weighted by Gasteiger charge is 2.06. The third-order valence-electron chi connectivity index (χ3n) is 2.42. The summed E-state index contributed by atoms with van der Waals surface area (Å²) in [4.78, 5) is 2.70. The van der Waals surface area contributed by atoms with Crippen molar-refractivity contribution in [2.75, 3.05) is 13.2 Å². The van der Waals surface area contributed by atoms with Gasteiger partial charge in [0.05, 0.1) is 0 Å². The van der Waals surface area contributed by atoms with Gasteiger partial charge in [-0.05, 0) is 42.0 Å². The fourth-order valence-corrected chi connectivity index (χ4v) is 1.68. The number of halogens is 1. The summed E-state index contributed by atoms with van der Waals surface area (Å²) in [6.45, 7) is 0.430. The Morgan fingerprint density at radius 1 is 1.38 bits per heavy atom. The van der Waals surface area contributed by atoms with E-state index in [0.29, 0.717) is 6.54 Å². The molecule has 1 aromatic carbocycles. The molecule has 0 amide bonds. The molecule has 1 atom stereocenters. The minimum absolute atomic E-state index is 0.0551. The number of rotatable bonds is 6. The topological polar surface area (TPSA) is 69.0 Å². The molecular weight excluding hydrogens is 270 g/mol. The van der Waals surface area contributed by atoms with Crippen LogP contribution in [0.4, 0.5) is 0 Å². The van der Waals surface area contributed by atoms with Gasteiger partial charge in [-0.1, -0.05) is 33.2 Å². The van der Waals surface area contributed by atoms with Crippen LogP contribution in [0.15, 0.2) is 33.9 Å². The van der Waals surface area contributed by atoms with E-state index in [0.717, 1.165) is 17.3 Å². The Morgan fingerprint density at radius 3 is 2.62 bits per heavy atom. The Bertz CT molecular complexity index is 360. The van der Waals surface area contributed by atoms with E-state index in [9.17, 15) is 0 Å². The van der Waals surface area contributed by atoms with E-state index in [1.54, 1.807) is 0 Å². The van der Waals surface area contributed by atoms with Crippen LogP contribution in [-0.4, -0.2) is 18.3 Å². The number of hydrogen-bond donors (Lipinski definition) is 1. The molecule has 16 heavy (non-hydrogen) atoms. The van der Waals surface area contributed by atoms with Crippen LogP contribution < -0.4 is 0 Å². The Morgan fingerprint density at radius 2 is 2.06 bits per heavy atom. The first-order chi connectivity index (χ1) is 7.76. The molecule has 86 valence electrons. The van der Waals surface area contributed by atoms with Crippen molar-refractivity contribution in [3.05, 3.63) is 44.7 Å². The maximum atomic E-state index is 9.08. The minimum Gasteiger partial charge on any atom is -0.396 e. The molecule has 0 saturated heterocycles. The van der Waals surface area contributed by atoms with Crippen molar-refractivity contribution in [3.8, 4) is 0 Å².